The van der Waals surface area contributed by atoms with Crippen LogP contribution in [0.3, 0.4) is 0 Å². The van der Waals surface area contributed by atoms with Gasteiger partial charge in [0, 0.05) is 6.54 Å². The van der Waals surface area contributed by atoms with Crippen molar-refractivity contribution in [2.45, 2.75) is 26.2 Å². The van der Waals surface area contributed by atoms with Gasteiger partial charge in [0.25, 0.3) is 0 Å². The maximum Gasteiger partial charge on any atom is 0.139 e. The maximum atomic E-state index is 5.76. The average molecular weight is 532 g/mol. The van der Waals surface area contributed by atoms with Crippen molar-refractivity contribution in [2.24, 2.45) is 5.73 Å². The highest BCUT2D eigenvalue weighted by molar-refractivity contribution is 6.32. The van der Waals surface area contributed by atoms with Crippen LogP contribution in [0.15, 0.2) is 145 Å². The highest BCUT2D eigenvalue weighted by Gasteiger charge is 2.09. The third-order valence-corrected chi connectivity index (χ3v) is 7.58. The monoisotopic (exact) mass is 531 g/mol. The summed E-state index contributed by atoms with van der Waals surface area (Å²) < 4.78 is 0. The van der Waals surface area contributed by atoms with Gasteiger partial charge in [-0.05, 0) is 93.3 Å². The average Bonchev–Trinajstić information content (AvgIpc) is 3.01. The van der Waals surface area contributed by atoms with E-state index in [2.05, 4.69) is 148 Å². The molecule has 2 heteroatoms. The minimum Gasteiger partial charge on any atom is -0.327 e. The first-order valence-corrected chi connectivity index (χ1v) is 14.6. The first-order valence-electron chi connectivity index (χ1n) is 14.6. The molecule has 0 fully saturated rings. The largest absolute Gasteiger partial charge is 0.327 e. The van der Waals surface area contributed by atoms with E-state index < -0.39 is 0 Å². The quantitative estimate of drug-likeness (QED) is 0.375. The number of allylic oxidation sites excluding steroid dienone is 12. The zero-order valence-corrected chi connectivity index (χ0v) is 24.2. The Morgan fingerprint density at radius 2 is 1.61 bits per heavy atom. The van der Waals surface area contributed by atoms with E-state index in [4.69, 9.17) is 5.73 Å². The molecule has 0 saturated heterocycles. The van der Waals surface area contributed by atoms with Crippen LogP contribution < -0.4 is 21.6 Å². The summed E-state index contributed by atoms with van der Waals surface area (Å²) in [5, 5.41) is 2.48. The first kappa shape index (κ1) is 28.1. The Hall–Kier alpha value is -4.40. The number of hydrogen-bond donors (Lipinski definition) is 1. The maximum absolute atomic E-state index is 5.76. The van der Waals surface area contributed by atoms with Crippen LogP contribution in [-0.4, -0.2) is 14.4 Å². The fourth-order valence-electron chi connectivity index (χ4n) is 5.29. The Bertz CT molecular complexity index is 1740. The molecule has 0 saturated carbocycles. The zero-order chi connectivity index (χ0) is 28.4. The lowest BCUT2D eigenvalue weighted by Gasteiger charge is -2.12. The zero-order valence-electron chi connectivity index (χ0n) is 24.2. The normalized spacial score (nSPS) is 20.7. The van der Waals surface area contributed by atoms with E-state index in [1.54, 1.807) is 0 Å². The summed E-state index contributed by atoms with van der Waals surface area (Å²) in [6.45, 7) is 2.76. The third-order valence-electron chi connectivity index (χ3n) is 7.58. The molecule has 2 aliphatic rings. The summed E-state index contributed by atoms with van der Waals surface area (Å²) in [4.78, 5) is 0. The standard InChI is InChI=1S/C39H38BN/c1-29(18-19-30-11-5-4-6-12-30)36-16-7-2-3-8-17-37(34-15-9-13-31(27-34)14-10-26-41)39-28-33(22-25-38(36)39)32-20-23-35(40)24-21-32/h4-11,13-25,27-28H,2-3,12,26,40-41H2,1H3/b14-10-,16-7+,17-8+,29-18+,30-19-,38-36-,39-37+. The molecule has 0 bridgehead atoms. The van der Waals surface area contributed by atoms with Gasteiger partial charge >= 0.3 is 0 Å². The number of rotatable bonds is 6. The van der Waals surface area contributed by atoms with Crippen molar-refractivity contribution >= 4 is 30.5 Å². The summed E-state index contributed by atoms with van der Waals surface area (Å²) in [5.74, 6) is 0. The van der Waals surface area contributed by atoms with Gasteiger partial charge in [-0.25, -0.2) is 0 Å². The van der Waals surface area contributed by atoms with Gasteiger partial charge in [-0.3, -0.25) is 0 Å². The molecule has 3 aromatic rings. The van der Waals surface area contributed by atoms with Gasteiger partial charge in [0.2, 0.25) is 0 Å². The van der Waals surface area contributed by atoms with Crippen molar-refractivity contribution in [3.8, 4) is 11.1 Å². The molecule has 0 unspecified atom stereocenters. The number of fused-ring (bicyclic) bond motifs is 1. The smallest absolute Gasteiger partial charge is 0.139 e. The van der Waals surface area contributed by atoms with Crippen molar-refractivity contribution in [3.63, 3.8) is 0 Å². The molecule has 0 radical (unpaired) electrons. The fourth-order valence-corrected chi connectivity index (χ4v) is 5.29. The molecule has 2 aliphatic carbocycles. The highest BCUT2D eigenvalue weighted by Crippen LogP contribution is 2.21. The molecule has 0 spiro atoms. The fraction of sp³-hybridized carbons (Fsp3) is 0.128. The van der Waals surface area contributed by atoms with Crippen LogP contribution in [0.5, 0.6) is 0 Å². The summed E-state index contributed by atoms with van der Waals surface area (Å²) in [5.41, 5.74) is 16.9. The Kier molecular flexibility index (Phi) is 9.47. The minimum atomic E-state index is 0.530. The molecule has 0 amide bonds. The Morgan fingerprint density at radius 1 is 0.805 bits per heavy atom. The predicted octanol–water partition coefficient (Wildman–Crippen LogP) is 6.23. The van der Waals surface area contributed by atoms with Crippen LogP contribution in [0, 0.1) is 0 Å². The Morgan fingerprint density at radius 3 is 2.39 bits per heavy atom. The van der Waals surface area contributed by atoms with Crippen molar-refractivity contribution in [1.29, 1.82) is 0 Å². The summed E-state index contributed by atoms with van der Waals surface area (Å²) >= 11 is 0. The molecule has 41 heavy (non-hydrogen) atoms. The van der Waals surface area contributed by atoms with Crippen LogP contribution in [-0.2, 0) is 0 Å². The van der Waals surface area contributed by atoms with Gasteiger partial charge < -0.3 is 5.73 Å². The Labute approximate surface area is 245 Å². The second-order valence-electron chi connectivity index (χ2n) is 10.7. The SMILES string of the molecule is Bc1ccc(-c2ccc3/c(c2)=C(c2cccc(/C=C\CN)c2)\C=C\CC/C=C/C=3C(/C)=C/C=C2/C=CC=CC2)cc1. The molecular formula is C39H38BN. The van der Waals surface area contributed by atoms with Crippen molar-refractivity contribution in [3.05, 3.63) is 166 Å². The number of hydrogen-bond acceptors (Lipinski definition) is 1. The third kappa shape index (κ3) is 7.22. The van der Waals surface area contributed by atoms with Gasteiger partial charge in [0.05, 0.1) is 0 Å². The number of benzene rings is 3. The van der Waals surface area contributed by atoms with Gasteiger partial charge in [-0.2, -0.15) is 0 Å². The molecular weight excluding hydrogens is 493 g/mol. The molecule has 0 atom stereocenters. The van der Waals surface area contributed by atoms with Gasteiger partial charge in [-0.15, -0.1) is 0 Å². The van der Waals surface area contributed by atoms with E-state index >= 15 is 0 Å². The Balaban J connectivity index is 1.82. The molecule has 2 N–H and O–H groups in total. The second kappa shape index (κ2) is 13.8. The molecule has 1 nitrogen and oxygen atoms in total. The molecule has 3 aromatic carbocycles. The van der Waals surface area contributed by atoms with Crippen LogP contribution in [0.1, 0.15) is 37.3 Å². The lowest BCUT2D eigenvalue weighted by Crippen LogP contribution is -2.29. The van der Waals surface area contributed by atoms with E-state index in [9.17, 15) is 0 Å². The van der Waals surface area contributed by atoms with Crippen LogP contribution in [0.2, 0.25) is 0 Å². The first-order chi connectivity index (χ1) is 20.1. The molecule has 5 rings (SSSR count). The lowest BCUT2D eigenvalue weighted by atomic mass is 9.91. The predicted molar refractivity (Wildman–Crippen MR) is 182 cm³/mol. The molecule has 202 valence electrons. The van der Waals surface area contributed by atoms with Gasteiger partial charge in [0.1, 0.15) is 7.85 Å². The molecule has 0 aromatic heterocycles. The highest BCUT2D eigenvalue weighted by atomic mass is 14.5. The van der Waals surface area contributed by atoms with Crippen LogP contribution in [0.4, 0.5) is 0 Å². The molecule has 0 aliphatic heterocycles. The second-order valence-corrected chi connectivity index (χ2v) is 10.7. The van der Waals surface area contributed by atoms with Crippen LogP contribution in [0.25, 0.3) is 28.3 Å². The van der Waals surface area contributed by atoms with E-state index in [0.717, 1.165) is 24.8 Å². The van der Waals surface area contributed by atoms with E-state index in [1.807, 2.05) is 6.08 Å². The topological polar surface area (TPSA) is 26.0 Å². The van der Waals surface area contributed by atoms with Gasteiger partial charge in [0.15, 0.2) is 0 Å². The van der Waals surface area contributed by atoms with Crippen molar-refractivity contribution in [1.82, 2.24) is 0 Å². The van der Waals surface area contributed by atoms with Crippen molar-refractivity contribution < 1.29 is 0 Å². The number of nitrogens with two attached hydrogens (primary N) is 1. The molecule has 0 heterocycles. The van der Waals surface area contributed by atoms with E-state index in [0.29, 0.717) is 6.54 Å². The van der Waals surface area contributed by atoms with E-state index in [1.165, 1.54) is 54.9 Å². The summed E-state index contributed by atoms with van der Waals surface area (Å²) in [6.07, 6.45) is 29.5. The minimum absolute atomic E-state index is 0.530. The van der Waals surface area contributed by atoms with Gasteiger partial charge in [-0.1, -0.05) is 133 Å². The lowest BCUT2D eigenvalue weighted by molar-refractivity contribution is 1.05. The summed E-state index contributed by atoms with van der Waals surface area (Å²) in [6, 6.07) is 24.5. The van der Waals surface area contributed by atoms with E-state index in [-0.39, 0.29) is 0 Å². The summed E-state index contributed by atoms with van der Waals surface area (Å²) in [7, 11) is 2.14. The van der Waals surface area contributed by atoms with Crippen molar-refractivity contribution in [2.75, 3.05) is 6.54 Å². The van der Waals surface area contributed by atoms with Crippen LogP contribution >= 0.6 is 0 Å².